The van der Waals surface area contributed by atoms with E-state index in [-0.39, 0.29) is 5.91 Å². The molecule has 1 atom stereocenters. The molecule has 0 radical (unpaired) electrons. The molecule has 0 fully saturated rings. The fourth-order valence-corrected chi connectivity index (χ4v) is 3.48. The first-order valence-corrected chi connectivity index (χ1v) is 8.09. The Morgan fingerprint density at radius 2 is 2.18 bits per heavy atom. The van der Waals surface area contributed by atoms with E-state index in [0.29, 0.717) is 12.3 Å². The summed E-state index contributed by atoms with van der Waals surface area (Å²) in [5, 5.41) is 5.67. The Kier molecular flexibility index (Phi) is 4.32. The first-order valence-electron chi connectivity index (χ1n) is 8.09. The number of hydrogen-bond donors (Lipinski definition) is 1. The minimum Gasteiger partial charge on any atom is -0.496 e. The van der Waals surface area contributed by atoms with Crippen LogP contribution in [0.5, 0.6) is 5.75 Å². The zero-order valence-corrected chi connectivity index (χ0v) is 13.3. The van der Waals surface area contributed by atoms with E-state index in [9.17, 15) is 4.79 Å². The summed E-state index contributed by atoms with van der Waals surface area (Å²) in [5.74, 6) is 1.53. The van der Waals surface area contributed by atoms with Gasteiger partial charge in [-0.1, -0.05) is 31.2 Å². The number of hydrogen-bond acceptors (Lipinski definition) is 2. The second kappa shape index (κ2) is 6.39. The van der Waals surface area contributed by atoms with Crippen molar-refractivity contribution in [2.75, 3.05) is 13.7 Å². The lowest BCUT2D eigenvalue weighted by molar-refractivity contribution is -0.121. The SMILES string of the molecule is CCCC(=O)NC[C@H]1CCc2c(OC)ccc3cccc1c23. The van der Waals surface area contributed by atoms with Gasteiger partial charge in [-0.05, 0) is 41.7 Å². The van der Waals surface area contributed by atoms with Gasteiger partial charge in [-0.25, -0.2) is 0 Å². The van der Waals surface area contributed by atoms with Crippen LogP contribution in [0.1, 0.15) is 43.2 Å². The molecule has 3 rings (SSSR count). The lowest BCUT2D eigenvalue weighted by Crippen LogP contribution is -2.29. The largest absolute Gasteiger partial charge is 0.496 e. The van der Waals surface area contributed by atoms with E-state index in [1.165, 1.54) is 21.9 Å². The van der Waals surface area contributed by atoms with Crippen LogP contribution in [-0.4, -0.2) is 19.6 Å². The number of ether oxygens (including phenoxy) is 1. The number of carbonyl (C=O) groups excluding carboxylic acids is 1. The summed E-state index contributed by atoms with van der Waals surface area (Å²) in [5.41, 5.74) is 2.65. The molecule has 2 aromatic rings. The Labute approximate surface area is 131 Å². The lowest BCUT2D eigenvalue weighted by Gasteiger charge is -2.27. The molecule has 1 amide bonds. The third-order valence-corrected chi connectivity index (χ3v) is 4.57. The third-order valence-electron chi connectivity index (χ3n) is 4.57. The molecular formula is C19H23NO2. The summed E-state index contributed by atoms with van der Waals surface area (Å²) in [6.07, 6.45) is 3.57. The minimum atomic E-state index is 0.158. The van der Waals surface area contributed by atoms with Gasteiger partial charge in [-0.15, -0.1) is 0 Å². The van der Waals surface area contributed by atoms with Crippen LogP contribution in [0.25, 0.3) is 10.8 Å². The normalized spacial score (nSPS) is 16.5. The van der Waals surface area contributed by atoms with Gasteiger partial charge in [0.05, 0.1) is 7.11 Å². The van der Waals surface area contributed by atoms with Gasteiger partial charge < -0.3 is 10.1 Å². The van der Waals surface area contributed by atoms with Crippen molar-refractivity contribution in [3.63, 3.8) is 0 Å². The standard InChI is InChI=1S/C19H23NO2/c1-3-5-18(21)20-12-14-8-10-16-17(22-2)11-9-13-6-4-7-15(14)19(13)16/h4,6-7,9,11,14H,3,5,8,10,12H2,1-2H3,(H,20,21)/t14-/m1/s1. The molecule has 0 bridgehead atoms. The van der Waals surface area contributed by atoms with E-state index in [0.717, 1.165) is 31.6 Å². The van der Waals surface area contributed by atoms with E-state index >= 15 is 0 Å². The monoisotopic (exact) mass is 297 g/mol. The first kappa shape index (κ1) is 14.9. The van der Waals surface area contributed by atoms with Crippen LogP contribution in [-0.2, 0) is 11.2 Å². The number of rotatable bonds is 5. The van der Waals surface area contributed by atoms with Crippen molar-refractivity contribution in [2.24, 2.45) is 0 Å². The zero-order valence-electron chi connectivity index (χ0n) is 13.3. The van der Waals surface area contributed by atoms with Crippen LogP contribution in [0.4, 0.5) is 0 Å². The van der Waals surface area contributed by atoms with Gasteiger partial charge in [-0.3, -0.25) is 4.79 Å². The molecule has 1 aliphatic rings. The quantitative estimate of drug-likeness (QED) is 0.911. The van der Waals surface area contributed by atoms with E-state index in [4.69, 9.17) is 4.74 Å². The van der Waals surface area contributed by atoms with Gasteiger partial charge in [0, 0.05) is 24.4 Å². The molecule has 0 aromatic heterocycles. The highest BCUT2D eigenvalue weighted by Crippen LogP contribution is 2.40. The van der Waals surface area contributed by atoms with Gasteiger partial charge >= 0.3 is 0 Å². The van der Waals surface area contributed by atoms with Gasteiger partial charge in [0.2, 0.25) is 5.91 Å². The fourth-order valence-electron chi connectivity index (χ4n) is 3.48. The highest BCUT2D eigenvalue weighted by atomic mass is 16.5. The molecule has 2 aromatic carbocycles. The Hall–Kier alpha value is -2.03. The van der Waals surface area contributed by atoms with Crippen LogP contribution in [0.3, 0.4) is 0 Å². The lowest BCUT2D eigenvalue weighted by atomic mass is 9.81. The van der Waals surface area contributed by atoms with Crippen molar-refractivity contribution < 1.29 is 9.53 Å². The molecule has 0 heterocycles. The van der Waals surface area contributed by atoms with E-state index in [2.05, 4.69) is 35.6 Å². The van der Waals surface area contributed by atoms with E-state index in [1.54, 1.807) is 7.11 Å². The third kappa shape index (κ3) is 2.68. The number of aryl methyl sites for hydroxylation is 1. The molecular weight excluding hydrogens is 274 g/mol. The summed E-state index contributed by atoms with van der Waals surface area (Å²) in [7, 11) is 1.73. The van der Waals surface area contributed by atoms with Crippen molar-refractivity contribution in [1.29, 1.82) is 0 Å². The van der Waals surface area contributed by atoms with Gasteiger partial charge in [-0.2, -0.15) is 0 Å². The molecule has 3 nitrogen and oxygen atoms in total. The van der Waals surface area contributed by atoms with Gasteiger partial charge in [0.1, 0.15) is 5.75 Å². The number of benzene rings is 2. The summed E-state index contributed by atoms with van der Waals surface area (Å²) >= 11 is 0. The van der Waals surface area contributed by atoms with Crippen molar-refractivity contribution in [3.05, 3.63) is 41.5 Å². The average molecular weight is 297 g/mol. The molecule has 0 spiro atoms. The van der Waals surface area contributed by atoms with Crippen LogP contribution in [0, 0.1) is 0 Å². The van der Waals surface area contributed by atoms with E-state index < -0.39 is 0 Å². The summed E-state index contributed by atoms with van der Waals surface area (Å²) < 4.78 is 5.53. The molecule has 1 aliphatic carbocycles. The second-order valence-corrected chi connectivity index (χ2v) is 5.98. The number of amides is 1. The summed E-state index contributed by atoms with van der Waals surface area (Å²) in [6.45, 7) is 2.76. The molecule has 0 unspecified atom stereocenters. The first-order chi connectivity index (χ1) is 10.7. The predicted octanol–water partition coefficient (Wildman–Crippen LogP) is 3.79. The summed E-state index contributed by atoms with van der Waals surface area (Å²) in [4.78, 5) is 11.7. The smallest absolute Gasteiger partial charge is 0.220 e. The summed E-state index contributed by atoms with van der Waals surface area (Å²) in [6, 6.07) is 10.6. The maximum atomic E-state index is 11.7. The topological polar surface area (TPSA) is 38.3 Å². The minimum absolute atomic E-state index is 0.158. The van der Waals surface area contributed by atoms with E-state index in [1.807, 2.05) is 6.92 Å². The maximum absolute atomic E-state index is 11.7. The number of methoxy groups -OCH3 is 1. The molecule has 0 aliphatic heterocycles. The van der Waals surface area contributed by atoms with Crippen molar-refractivity contribution in [2.45, 2.75) is 38.5 Å². The molecule has 3 heteroatoms. The molecule has 0 saturated carbocycles. The Morgan fingerprint density at radius 3 is 2.95 bits per heavy atom. The van der Waals surface area contributed by atoms with Gasteiger partial charge in [0.25, 0.3) is 0 Å². The maximum Gasteiger partial charge on any atom is 0.220 e. The molecule has 22 heavy (non-hydrogen) atoms. The van der Waals surface area contributed by atoms with Crippen molar-refractivity contribution >= 4 is 16.7 Å². The predicted molar refractivity (Wildman–Crippen MR) is 89.5 cm³/mol. The van der Waals surface area contributed by atoms with Crippen molar-refractivity contribution in [3.8, 4) is 5.75 Å². The average Bonchev–Trinajstić information content (AvgIpc) is 2.55. The number of carbonyl (C=O) groups is 1. The Balaban J connectivity index is 1.93. The second-order valence-electron chi connectivity index (χ2n) is 5.98. The number of nitrogens with one attached hydrogen (secondary N) is 1. The Bertz CT molecular complexity index is 693. The molecule has 0 saturated heterocycles. The van der Waals surface area contributed by atoms with Crippen LogP contribution in [0.2, 0.25) is 0 Å². The van der Waals surface area contributed by atoms with Crippen LogP contribution >= 0.6 is 0 Å². The van der Waals surface area contributed by atoms with Crippen LogP contribution in [0.15, 0.2) is 30.3 Å². The molecule has 1 N–H and O–H groups in total. The van der Waals surface area contributed by atoms with Crippen molar-refractivity contribution in [1.82, 2.24) is 5.32 Å². The molecule has 116 valence electrons. The van der Waals surface area contributed by atoms with Gasteiger partial charge in [0.15, 0.2) is 0 Å². The van der Waals surface area contributed by atoms with Crippen LogP contribution < -0.4 is 10.1 Å². The highest BCUT2D eigenvalue weighted by Gasteiger charge is 2.24. The zero-order chi connectivity index (χ0) is 15.5. The Morgan fingerprint density at radius 1 is 1.32 bits per heavy atom. The fraction of sp³-hybridized carbons (Fsp3) is 0.421. The highest BCUT2D eigenvalue weighted by molar-refractivity contribution is 5.92.